The Balaban J connectivity index is 1.59. The van der Waals surface area contributed by atoms with E-state index in [-0.39, 0.29) is 23.8 Å². The number of anilines is 1. The molecule has 2 aliphatic rings. The Labute approximate surface area is 160 Å². The highest BCUT2D eigenvalue weighted by molar-refractivity contribution is 5.93. The molecule has 148 valence electrons. The van der Waals surface area contributed by atoms with Gasteiger partial charge in [0.05, 0.1) is 25.9 Å². The van der Waals surface area contributed by atoms with Crippen LogP contribution in [0.25, 0.3) is 0 Å². The summed E-state index contributed by atoms with van der Waals surface area (Å²) in [5.41, 5.74) is 0.709. The van der Waals surface area contributed by atoms with Crippen LogP contribution in [0.5, 0.6) is 5.75 Å². The highest BCUT2D eigenvalue weighted by Gasteiger charge is 2.41. The van der Waals surface area contributed by atoms with Crippen LogP contribution in [-0.4, -0.2) is 73.2 Å². The van der Waals surface area contributed by atoms with Crippen LogP contribution < -0.4 is 10.1 Å². The molecule has 0 bridgehead atoms. The molecule has 2 amide bonds. The predicted octanol–water partition coefficient (Wildman–Crippen LogP) is 1.33. The first kappa shape index (κ1) is 19.6. The molecule has 2 saturated heterocycles. The van der Waals surface area contributed by atoms with Gasteiger partial charge in [-0.2, -0.15) is 0 Å². The van der Waals surface area contributed by atoms with Crippen LogP contribution in [0.3, 0.4) is 0 Å². The summed E-state index contributed by atoms with van der Waals surface area (Å²) >= 11 is 0. The summed E-state index contributed by atoms with van der Waals surface area (Å²) in [5, 5.41) is 12.1. The molecule has 0 saturated carbocycles. The van der Waals surface area contributed by atoms with E-state index >= 15 is 0 Å². The first-order valence-electron chi connectivity index (χ1n) is 9.59. The van der Waals surface area contributed by atoms with Gasteiger partial charge in [-0.15, -0.1) is 0 Å². The van der Waals surface area contributed by atoms with Crippen molar-refractivity contribution in [2.24, 2.45) is 5.41 Å². The number of hydrogen-bond donors (Lipinski definition) is 2. The Kier molecular flexibility index (Phi) is 6.34. The van der Waals surface area contributed by atoms with E-state index in [4.69, 9.17) is 4.74 Å². The summed E-state index contributed by atoms with van der Waals surface area (Å²) < 4.78 is 5.28. The number of carbonyl (C=O) groups is 2. The number of likely N-dealkylation sites (tertiary alicyclic amines) is 2. The Morgan fingerprint density at radius 2 is 2.11 bits per heavy atom. The normalized spacial score (nSPS) is 23.5. The summed E-state index contributed by atoms with van der Waals surface area (Å²) in [7, 11) is 1.59. The van der Waals surface area contributed by atoms with Crippen LogP contribution in [0.4, 0.5) is 5.69 Å². The van der Waals surface area contributed by atoms with Crippen LogP contribution in [0, 0.1) is 5.41 Å². The SMILES string of the molecule is COc1ccccc1NC(=O)CN1CCC[C@]2(CCC(=O)N(CCO)C2)C1. The number of piperidine rings is 2. The average Bonchev–Trinajstić information content (AvgIpc) is 2.66. The number of β-amino-alcohol motifs (C(OH)–C–C–N with tert-alkyl or cyclic N) is 1. The van der Waals surface area contributed by atoms with Gasteiger partial charge in [0.1, 0.15) is 5.75 Å². The van der Waals surface area contributed by atoms with Crippen molar-refractivity contribution in [1.29, 1.82) is 0 Å². The molecule has 2 N–H and O–H groups in total. The number of aliphatic hydroxyl groups is 1. The van der Waals surface area contributed by atoms with Crippen molar-refractivity contribution >= 4 is 17.5 Å². The number of rotatable bonds is 6. The fraction of sp³-hybridized carbons (Fsp3) is 0.600. The zero-order valence-corrected chi connectivity index (χ0v) is 15.9. The van der Waals surface area contributed by atoms with Crippen molar-refractivity contribution in [3.8, 4) is 5.75 Å². The third-order valence-electron chi connectivity index (χ3n) is 5.61. The number of amides is 2. The molecule has 0 radical (unpaired) electrons. The van der Waals surface area contributed by atoms with Gasteiger partial charge in [0.25, 0.3) is 0 Å². The monoisotopic (exact) mass is 375 g/mol. The van der Waals surface area contributed by atoms with E-state index in [1.165, 1.54) is 0 Å². The number of carbonyl (C=O) groups excluding carboxylic acids is 2. The third kappa shape index (κ3) is 4.78. The smallest absolute Gasteiger partial charge is 0.238 e. The van der Waals surface area contributed by atoms with Crippen LogP contribution >= 0.6 is 0 Å². The van der Waals surface area contributed by atoms with E-state index in [1.54, 1.807) is 12.0 Å². The molecule has 1 atom stereocenters. The van der Waals surface area contributed by atoms with E-state index in [1.807, 2.05) is 24.3 Å². The number of hydrogen-bond acceptors (Lipinski definition) is 5. The molecular formula is C20H29N3O4. The number of aliphatic hydroxyl groups excluding tert-OH is 1. The highest BCUT2D eigenvalue weighted by Crippen LogP contribution is 2.38. The van der Waals surface area contributed by atoms with Crippen LogP contribution in [0.15, 0.2) is 24.3 Å². The maximum absolute atomic E-state index is 12.5. The second-order valence-corrected chi connectivity index (χ2v) is 7.60. The molecule has 3 rings (SSSR count). The van der Waals surface area contributed by atoms with Crippen molar-refractivity contribution in [3.05, 3.63) is 24.3 Å². The van der Waals surface area contributed by atoms with Gasteiger partial charge < -0.3 is 20.1 Å². The zero-order chi connectivity index (χ0) is 19.3. The average molecular weight is 375 g/mol. The van der Waals surface area contributed by atoms with Crippen molar-refractivity contribution in [2.75, 3.05) is 51.8 Å². The lowest BCUT2D eigenvalue weighted by atomic mass is 9.73. The predicted molar refractivity (Wildman–Crippen MR) is 103 cm³/mol. The molecule has 7 nitrogen and oxygen atoms in total. The van der Waals surface area contributed by atoms with Crippen molar-refractivity contribution in [1.82, 2.24) is 9.80 Å². The van der Waals surface area contributed by atoms with Crippen molar-refractivity contribution in [3.63, 3.8) is 0 Å². The van der Waals surface area contributed by atoms with Gasteiger partial charge in [-0.1, -0.05) is 12.1 Å². The van der Waals surface area contributed by atoms with Gasteiger partial charge in [0.2, 0.25) is 11.8 Å². The lowest BCUT2D eigenvalue weighted by Gasteiger charge is -2.48. The number of benzene rings is 1. The van der Waals surface area contributed by atoms with Crippen LogP contribution in [-0.2, 0) is 9.59 Å². The van der Waals surface area contributed by atoms with E-state index in [9.17, 15) is 14.7 Å². The zero-order valence-electron chi connectivity index (χ0n) is 15.9. The van der Waals surface area contributed by atoms with Gasteiger partial charge in [-0.25, -0.2) is 0 Å². The minimum Gasteiger partial charge on any atom is -0.495 e. The van der Waals surface area contributed by atoms with Crippen molar-refractivity contribution < 1.29 is 19.4 Å². The lowest BCUT2D eigenvalue weighted by Crippen LogP contribution is -2.55. The van der Waals surface area contributed by atoms with Gasteiger partial charge in [-0.3, -0.25) is 14.5 Å². The Morgan fingerprint density at radius 3 is 2.89 bits per heavy atom. The van der Waals surface area contributed by atoms with Crippen LogP contribution in [0.2, 0.25) is 0 Å². The Morgan fingerprint density at radius 1 is 1.30 bits per heavy atom. The molecular weight excluding hydrogens is 346 g/mol. The fourth-order valence-electron chi connectivity index (χ4n) is 4.35. The molecule has 27 heavy (non-hydrogen) atoms. The Hall–Kier alpha value is -2.12. The Bertz CT molecular complexity index is 681. The molecule has 1 aromatic carbocycles. The molecule has 0 aliphatic carbocycles. The molecule has 2 fully saturated rings. The molecule has 0 unspecified atom stereocenters. The van der Waals surface area contributed by atoms with E-state index in [0.29, 0.717) is 37.5 Å². The summed E-state index contributed by atoms with van der Waals surface area (Å²) in [6.07, 6.45) is 3.47. The summed E-state index contributed by atoms with van der Waals surface area (Å²) in [6.45, 7) is 3.09. The largest absolute Gasteiger partial charge is 0.495 e. The van der Waals surface area contributed by atoms with Crippen LogP contribution in [0.1, 0.15) is 25.7 Å². The number of para-hydroxylation sites is 2. The first-order valence-corrected chi connectivity index (χ1v) is 9.59. The molecule has 0 aromatic heterocycles. The van der Waals surface area contributed by atoms with E-state index in [2.05, 4.69) is 10.2 Å². The molecule has 7 heteroatoms. The minimum absolute atomic E-state index is 0.00709. The van der Waals surface area contributed by atoms with Crippen molar-refractivity contribution in [2.45, 2.75) is 25.7 Å². The maximum atomic E-state index is 12.5. The number of nitrogens with zero attached hydrogens (tertiary/aromatic N) is 2. The molecule has 2 aliphatic heterocycles. The number of methoxy groups -OCH3 is 1. The van der Waals surface area contributed by atoms with Gasteiger partial charge in [-0.05, 0) is 37.9 Å². The van der Waals surface area contributed by atoms with E-state index in [0.717, 1.165) is 32.4 Å². The maximum Gasteiger partial charge on any atom is 0.238 e. The van der Waals surface area contributed by atoms with Gasteiger partial charge in [0.15, 0.2) is 0 Å². The lowest BCUT2D eigenvalue weighted by molar-refractivity contribution is -0.140. The topological polar surface area (TPSA) is 82.1 Å². The molecule has 1 spiro atoms. The summed E-state index contributed by atoms with van der Waals surface area (Å²) in [6, 6.07) is 7.38. The second-order valence-electron chi connectivity index (χ2n) is 7.60. The quantitative estimate of drug-likeness (QED) is 0.784. The third-order valence-corrected chi connectivity index (χ3v) is 5.61. The highest BCUT2D eigenvalue weighted by atomic mass is 16.5. The van der Waals surface area contributed by atoms with Gasteiger partial charge >= 0.3 is 0 Å². The fourth-order valence-corrected chi connectivity index (χ4v) is 4.35. The number of ether oxygens (including phenoxy) is 1. The second kappa shape index (κ2) is 8.71. The standard InChI is InChI=1S/C20H29N3O4/c1-27-17-6-3-2-5-16(17)21-18(25)13-22-10-4-8-20(14-22)9-7-19(26)23(15-20)11-12-24/h2-3,5-6,24H,4,7-15H2,1H3,(H,21,25)/t20-/m0/s1. The first-order chi connectivity index (χ1) is 13.0. The van der Waals surface area contributed by atoms with E-state index < -0.39 is 0 Å². The van der Waals surface area contributed by atoms with Gasteiger partial charge in [0, 0.05) is 31.5 Å². The summed E-state index contributed by atoms with van der Waals surface area (Å²) in [5.74, 6) is 0.711. The summed E-state index contributed by atoms with van der Waals surface area (Å²) in [4.78, 5) is 28.6. The minimum atomic E-state index is -0.0596. The molecule has 1 aromatic rings. The number of nitrogens with one attached hydrogen (secondary N) is 1. The molecule has 2 heterocycles.